The molecule has 33 heavy (non-hydrogen) atoms. The lowest BCUT2D eigenvalue weighted by atomic mass is 9.86. The van der Waals surface area contributed by atoms with Crippen LogP contribution in [-0.2, 0) is 4.79 Å². The molecule has 2 aromatic carbocycles. The summed E-state index contributed by atoms with van der Waals surface area (Å²) in [6.45, 7) is 6.26. The van der Waals surface area contributed by atoms with E-state index in [2.05, 4.69) is 9.62 Å². The van der Waals surface area contributed by atoms with Gasteiger partial charge in [0.2, 0.25) is 5.91 Å². The molecule has 1 aliphatic rings. The van der Waals surface area contributed by atoms with Gasteiger partial charge in [-0.2, -0.15) is 0 Å². The number of carboxylic acids is 1. The van der Waals surface area contributed by atoms with Crippen LogP contribution in [0.1, 0.15) is 49.9 Å². The molecule has 8 heteroatoms. The summed E-state index contributed by atoms with van der Waals surface area (Å²) in [5.74, 6) is -0.0476. The zero-order valence-corrected chi connectivity index (χ0v) is 20.6. The lowest BCUT2D eigenvalue weighted by Crippen LogP contribution is -2.47. The topological polar surface area (TPSA) is 78.9 Å². The Kier molecular flexibility index (Phi) is 9.06. The van der Waals surface area contributed by atoms with Crippen molar-refractivity contribution in [3.8, 4) is 5.75 Å². The van der Waals surface area contributed by atoms with Crippen molar-refractivity contribution in [3.05, 3.63) is 59.1 Å². The van der Waals surface area contributed by atoms with Gasteiger partial charge in [0.25, 0.3) is 0 Å². The second-order valence-corrected chi connectivity index (χ2v) is 10.5. The summed E-state index contributed by atoms with van der Waals surface area (Å²) in [5.41, 5.74) is -0.166. The highest BCUT2D eigenvalue weighted by Gasteiger charge is 2.30. The second-order valence-electron chi connectivity index (χ2n) is 8.89. The number of rotatable bonds is 10. The second kappa shape index (κ2) is 11.8. The highest BCUT2D eigenvalue weighted by Crippen LogP contribution is 2.28. The smallest absolute Gasteiger partial charge is 0.335 e. The van der Waals surface area contributed by atoms with Crippen LogP contribution in [0.3, 0.4) is 0 Å². The van der Waals surface area contributed by atoms with Gasteiger partial charge in [0.15, 0.2) is 0 Å². The number of ether oxygens (including phenoxy) is 1. The van der Waals surface area contributed by atoms with E-state index in [9.17, 15) is 9.59 Å². The van der Waals surface area contributed by atoms with Crippen molar-refractivity contribution >= 4 is 35.4 Å². The first kappa shape index (κ1) is 25.4. The van der Waals surface area contributed by atoms with E-state index in [1.165, 1.54) is 0 Å². The number of aromatic carboxylic acids is 1. The molecule has 1 fully saturated rings. The van der Waals surface area contributed by atoms with E-state index in [4.69, 9.17) is 21.4 Å². The molecule has 3 rings (SSSR count). The van der Waals surface area contributed by atoms with Crippen LogP contribution in [0.15, 0.2) is 53.4 Å². The molecule has 0 aliphatic carbocycles. The third-order valence-electron chi connectivity index (χ3n) is 5.77. The number of nitrogens with zero attached hydrogens (tertiary/aromatic N) is 1. The third-order valence-corrected chi connectivity index (χ3v) is 7.13. The highest BCUT2D eigenvalue weighted by atomic mass is 35.5. The molecule has 1 saturated heterocycles. The number of piperidine rings is 1. The van der Waals surface area contributed by atoms with E-state index in [-0.39, 0.29) is 11.9 Å². The molecular weight excluding hydrogens is 460 g/mol. The van der Waals surface area contributed by atoms with Gasteiger partial charge in [-0.15, -0.1) is 0 Å². The van der Waals surface area contributed by atoms with Crippen molar-refractivity contribution in [2.75, 3.05) is 19.7 Å². The van der Waals surface area contributed by atoms with Gasteiger partial charge in [-0.05, 0) is 86.2 Å². The minimum Gasteiger partial charge on any atom is -0.494 e. The molecule has 0 unspecified atom stereocenters. The molecule has 1 amide bonds. The maximum atomic E-state index is 12.9. The molecule has 1 heterocycles. The van der Waals surface area contributed by atoms with E-state index in [0.717, 1.165) is 49.4 Å². The van der Waals surface area contributed by atoms with Crippen LogP contribution in [0.25, 0.3) is 0 Å². The van der Waals surface area contributed by atoms with Crippen LogP contribution < -0.4 is 10.1 Å². The Labute approximate surface area is 204 Å². The van der Waals surface area contributed by atoms with Gasteiger partial charge in [-0.25, -0.2) is 9.10 Å². The maximum absolute atomic E-state index is 12.9. The van der Waals surface area contributed by atoms with Gasteiger partial charge in [0.05, 0.1) is 12.2 Å². The summed E-state index contributed by atoms with van der Waals surface area (Å²) in [5, 5.41) is 12.9. The van der Waals surface area contributed by atoms with Gasteiger partial charge in [-0.3, -0.25) is 4.79 Å². The van der Waals surface area contributed by atoms with Crippen molar-refractivity contribution in [1.29, 1.82) is 0 Å². The molecule has 0 aromatic heterocycles. The first-order chi connectivity index (χ1) is 15.7. The van der Waals surface area contributed by atoms with Gasteiger partial charge in [-0.1, -0.05) is 25.4 Å². The zero-order chi connectivity index (χ0) is 23.8. The summed E-state index contributed by atoms with van der Waals surface area (Å²) in [6, 6.07) is 14.4. The normalized spacial score (nSPS) is 15.2. The van der Waals surface area contributed by atoms with Crippen LogP contribution in [-0.4, -0.2) is 47.0 Å². The first-order valence-electron chi connectivity index (χ1n) is 11.2. The number of hydrogen-bond donors (Lipinski definition) is 2. The summed E-state index contributed by atoms with van der Waals surface area (Å²) < 4.78 is 8.00. The van der Waals surface area contributed by atoms with Crippen LogP contribution in [0, 0.1) is 5.41 Å². The Balaban J connectivity index is 1.36. The number of carbonyl (C=O) groups is 2. The molecule has 0 bridgehead atoms. The summed E-state index contributed by atoms with van der Waals surface area (Å²) in [7, 11) is 0. The van der Waals surface area contributed by atoms with Gasteiger partial charge >= 0.3 is 5.97 Å². The lowest BCUT2D eigenvalue weighted by Gasteiger charge is -2.33. The lowest BCUT2D eigenvalue weighted by molar-refractivity contribution is -0.130. The fraction of sp³-hybridized carbons (Fsp3) is 0.440. The van der Waals surface area contributed by atoms with Crippen LogP contribution >= 0.6 is 23.5 Å². The quantitative estimate of drug-likeness (QED) is 0.337. The van der Waals surface area contributed by atoms with Gasteiger partial charge in [0.1, 0.15) is 5.75 Å². The Morgan fingerprint density at radius 1 is 1.12 bits per heavy atom. The van der Waals surface area contributed by atoms with Crippen molar-refractivity contribution in [3.63, 3.8) is 0 Å². The van der Waals surface area contributed by atoms with Gasteiger partial charge < -0.3 is 15.2 Å². The Morgan fingerprint density at radius 3 is 2.36 bits per heavy atom. The number of amides is 1. The SMILES string of the molecule is CC(C)(CCCOc1ccc(Cl)cc1)C(=O)NC1CCN(Sc2ccc(C(=O)O)cc2)CC1. The monoisotopic (exact) mass is 490 g/mol. The van der Waals surface area contributed by atoms with E-state index in [1.807, 2.05) is 38.1 Å². The molecule has 0 radical (unpaired) electrons. The summed E-state index contributed by atoms with van der Waals surface area (Å²) in [6.07, 6.45) is 3.32. The summed E-state index contributed by atoms with van der Waals surface area (Å²) >= 11 is 7.52. The average molecular weight is 491 g/mol. The van der Waals surface area contributed by atoms with E-state index >= 15 is 0 Å². The number of hydrogen-bond acceptors (Lipinski definition) is 5. The minimum absolute atomic E-state index is 0.0874. The van der Waals surface area contributed by atoms with E-state index in [1.54, 1.807) is 36.2 Å². The van der Waals surface area contributed by atoms with Crippen molar-refractivity contribution in [1.82, 2.24) is 9.62 Å². The number of carboxylic acid groups (broad SMARTS) is 1. The van der Waals surface area contributed by atoms with Gasteiger partial charge in [0, 0.05) is 34.5 Å². The molecule has 2 aromatic rings. The fourth-order valence-electron chi connectivity index (χ4n) is 3.63. The molecule has 0 spiro atoms. The van der Waals surface area contributed by atoms with E-state index in [0.29, 0.717) is 17.2 Å². The molecule has 0 atom stereocenters. The van der Waals surface area contributed by atoms with Crippen molar-refractivity contribution in [2.45, 2.75) is 50.5 Å². The van der Waals surface area contributed by atoms with Crippen LogP contribution in [0.4, 0.5) is 0 Å². The number of nitrogens with one attached hydrogen (secondary N) is 1. The molecule has 1 aliphatic heterocycles. The van der Waals surface area contributed by atoms with Crippen LogP contribution in [0.2, 0.25) is 5.02 Å². The van der Waals surface area contributed by atoms with Crippen molar-refractivity contribution in [2.24, 2.45) is 5.41 Å². The zero-order valence-electron chi connectivity index (χ0n) is 19.1. The standard InChI is InChI=1S/C25H31ClN2O4S/c1-25(2,14-3-17-32-21-8-6-19(26)7-9-21)24(31)27-20-12-15-28(16-13-20)33-22-10-4-18(5-11-22)23(29)30/h4-11,20H,3,12-17H2,1-2H3,(H,27,31)(H,29,30). The summed E-state index contributed by atoms with van der Waals surface area (Å²) in [4.78, 5) is 24.9. The minimum atomic E-state index is -0.917. The average Bonchev–Trinajstić information content (AvgIpc) is 2.79. The van der Waals surface area contributed by atoms with E-state index < -0.39 is 11.4 Å². The predicted molar refractivity (Wildman–Crippen MR) is 132 cm³/mol. The number of benzene rings is 2. The number of halogens is 1. The molecule has 2 N–H and O–H groups in total. The van der Waals surface area contributed by atoms with Crippen LogP contribution in [0.5, 0.6) is 5.75 Å². The number of carbonyl (C=O) groups excluding carboxylic acids is 1. The Hall–Kier alpha value is -2.22. The predicted octanol–water partition coefficient (Wildman–Crippen LogP) is 5.51. The molecule has 6 nitrogen and oxygen atoms in total. The molecular formula is C25H31ClN2O4S. The Morgan fingerprint density at radius 2 is 1.76 bits per heavy atom. The maximum Gasteiger partial charge on any atom is 0.335 e. The fourth-order valence-corrected chi connectivity index (χ4v) is 4.70. The first-order valence-corrected chi connectivity index (χ1v) is 12.3. The highest BCUT2D eigenvalue weighted by molar-refractivity contribution is 7.97. The molecule has 0 saturated carbocycles. The molecule has 178 valence electrons. The third kappa shape index (κ3) is 7.95. The Bertz CT molecular complexity index is 926. The largest absolute Gasteiger partial charge is 0.494 e. The van der Waals surface area contributed by atoms with Crippen molar-refractivity contribution < 1.29 is 19.4 Å².